The van der Waals surface area contributed by atoms with E-state index in [1.54, 1.807) is 23.9 Å². The van der Waals surface area contributed by atoms with Gasteiger partial charge in [0.2, 0.25) is 5.95 Å². The van der Waals surface area contributed by atoms with Crippen molar-refractivity contribution in [3.63, 3.8) is 0 Å². The number of rotatable bonds is 9. The lowest BCUT2D eigenvalue weighted by Crippen LogP contribution is -2.47. The standard InChI is InChI=1S/C27H33FN10/c1-17(30)11-25(31)35-26-23-6-3-18(19-15-32-37(16-19)10-7-28)12-24(23)34-27(36-26)33-20-13-21-4-5-22(14-20)38(21)9-2-8-29/h3,6,11-12,15-16,20-22H,2,4-5,7,9-10,13-14,30H2,1H3,(H3,31,33,34,35,36)/b17-11-/t20-,21-,22+. The number of piperidine rings is 1. The summed E-state index contributed by atoms with van der Waals surface area (Å²) in [7, 11) is 0. The Hall–Kier alpha value is -4.04. The number of halogens is 1. The predicted octanol–water partition coefficient (Wildman–Crippen LogP) is 4.04. The van der Waals surface area contributed by atoms with Gasteiger partial charge in [-0.1, -0.05) is 6.07 Å². The number of anilines is 2. The molecule has 2 aromatic heterocycles. The van der Waals surface area contributed by atoms with Gasteiger partial charge >= 0.3 is 0 Å². The van der Waals surface area contributed by atoms with Crippen LogP contribution in [0.5, 0.6) is 0 Å². The van der Waals surface area contributed by atoms with Crippen molar-refractivity contribution in [1.29, 1.82) is 10.7 Å². The zero-order chi connectivity index (χ0) is 26.6. The number of hydrogen-bond donors (Lipinski definition) is 4. The highest BCUT2D eigenvalue weighted by Crippen LogP contribution is 2.37. The molecule has 0 saturated carbocycles. The molecule has 4 heterocycles. The summed E-state index contributed by atoms with van der Waals surface area (Å²) >= 11 is 0. The van der Waals surface area contributed by atoms with Gasteiger partial charge in [-0.2, -0.15) is 15.3 Å². The quantitative estimate of drug-likeness (QED) is 0.246. The molecule has 198 valence electrons. The fourth-order valence-corrected chi connectivity index (χ4v) is 5.70. The van der Waals surface area contributed by atoms with E-state index < -0.39 is 6.67 Å². The summed E-state index contributed by atoms with van der Waals surface area (Å²) in [6, 6.07) is 9.27. The number of alkyl halides is 1. The second-order valence-electron chi connectivity index (χ2n) is 10.1. The van der Waals surface area contributed by atoms with Gasteiger partial charge in [-0.25, -0.2) is 9.37 Å². The monoisotopic (exact) mass is 516 g/mol. The molecule has 2 bridgehead atoms. The first kappa shape index (κ1) is 25.6. The second kappa shape index (κ2) is 11.1. The second-order valence-corrected chi connectivity index (χ2v) is 10.1. The molecule has 0 aliphatic carbocycles. The van der Waals surface area contributed by atoms with Crippen LogP contribution in [0.4, 0.5) is 16.2 Å². The van der Waals surface area contributed by atoms with Crippen molar-refractivity contribution in [1.82, 2.24) is 24.6 Å². The molecule has 1 aromatic carbocycles. The number of aromatic nitrogens is 4. The highest BCUT2D eigenvalue weighted by Gasteiger charge is 2.40. The maximum absolute atomic E-state index is 12.8. The van der Waals surface area contributed by atoms with Crippen LogP contribution in [0.25, 0.3) is 22.0 Å². The molecule has 5 rings (SSSR count). The third-order valence-corrected chi connectivity index (χ3v) is 7.30. The van der Waals surface area contributed by atoms with Gasteiger partial charge < -0.3 is 16.4 Å². The molecular weight excluding hydrogens is 483 g/mol. The minimum absolute atomic E-state index is 0.136. The lowest BCUT2D eigenvalue weighted by Gasteiger charge is -2.38. The average Bonchev–Trinajstić information content (AvgIpc) is 3.43. The topological polar surface area (TPSA) is 145 Å². The summed E-state index contributed by atoms with van der Waals surface area (Å²) in [5.74, 6) is 1.16. The molecule has 0 amide bonds. The minimum Gasteiger partial charge on any atom is -0.402 e. The van der Waals surface area contributed by atoms with Crippen LogP contribution in [0.15, 0.2) is 42.4 Å². The number of hydrogen-bond acceptors (Lipinski definition) is 8. The van der Waals surface area contributed by atoms with Crippen molar-refractivity contribution in [2.75, 3.05) is 23.9 Å². The van der Waals surface area contributed by atoms with E-state index in [2.05, 4.69) is 26.7 Å². The van der Waals surface area contributed by atoms with Crippen molar-refractivity contribution in [2.24, 2.45) is 5.73 Å². The van der Waals surface area contributed by atoms with Gasteiger partial charge in [-0.3, -0.25) is 15.0 Å². The summed E-state index contributed by atoms with van der Waals surface area (Å²) in [5.41, 5.74) is 8.80. The highest BCUT2D eigenvalue weighted by atomic mass is 19.1. The highest BCUT2D eigenvalue weighted by molar-refractivity contribution is 6.06. The molecule has 2 aliphatic heterocycles. The smallest absolute Gasteiger partial charge is 0.225 e. The fraction of sp³-hybridized carbons (Fsp3) is 0.444. The molecule has 11 heteroatoms. The normalized spacial score (nSPS) is 21.4. The molecule has 2 aliphatic rings. The van der Waals surface area contributed by atoms with Crippen LogP contribution in [0, 0.1) is 16.7 Å². The van der Waals surface area contributed by atoms with E-state index in [0.717, 1.165) is 54.3 Å². The van der Waals surface area contributed by atoms with Gasteiger partial charge in [0.1, 0.15) is 18.3 Å². The third kappa shape index (κ3) is 5.60. The van der Waals surface area contributed by atoms with E-state index in [9.17, 15) is 4.39 Å². The van der Waals surface area contributed by atoms with Gasteiger partial charge in [0.05, 0.1) is 24.3 Å². The molecule has 2 saturated heterocycles. The summed E-state index contributed by atoms with van der Waals surface area (Å²) in [4.78, 5) is 12.1. The Kier molecular flexibility index (Phi) is 7.51. The Balaban J connectivity index is 1.44. The number of amidine groups is 1. The Labute approximate surface area is 221 Å². The van der Waals surface area contributed by atoms with E-state index in [4.69, 9.17) is 26.4 Å². The van der Waals surface area contributed by atoms with Gasteiger partial charge in [0.25, 0.3) is 0 Å². The van der Waals surface area contributed by atoms with Crippen molar-refractivity contribution in [2.45, 2.75) is 63.7 Å². The van der Waals surface area contributed by atoms with E-state index in [0.29, 0.717) is 36.0 Å². The number of nitrogens with one attached hydrogen (secondary N) is 3. The van der Waals surface area contributed by atoms with Gasteiger partial charge in [-0.15, -0.1) is 0 Å². The van der Waals surface area contributed by atoms with Crippen molar-refractivity contribution in [3.05, 3.63) is 42.4 Å². The molecule has 2 fully saturated rings. The SMILES string of the molecule is C/C(N)=C/C(=N)Nc1nc(N[C@@H]2C[C@H]3CC[C@@H](C2)N3CCC#N)nc2cc(-c3cnn(CCF)c3)ccc12. The van der Waals surface area contributed by atoms with Gasteiger partial charge in [0, 0.05) is 53.9 Å². The van der Waals surface area contributed by atoms with E-state index in [1.807, 2.05) is 24.4 Å². The van der Waals surface area contributed by atoms with Crippen LogP contribution in [0.1, 0.15) is 39.0 Å². The molecule has 5 N–H and O–H groups in total. The molecule has 0 radical (unpaired) electrons. The first-order chi connectivity index (χ1) is 18.4. The molecule has 3 atom stereocenters. The molecule has 0 spiro atoms. The maximum atomic E-state index is 12.8. The van der Waals surface area contributed by atoms with Crippen molar-refractivity contribution >= 4 is 28.5 Å². The Bertz CT molecular complexity index is 1370. The van der Waals surface area contributed by atoms with E-state index in [-0.39, 0.29) is 18.4 Å². The zero-order valence-electron chi connectivity index (χ0n) is 21.5. The lowest BCUT2D eigenvalue weighted by molar-refractivity contribution is 0.135. The number of fused-ring (bicyclic) bond motifs is 3. The van der Waals surface area contributed by atoms with Gasteiger partial charge in [0.15, 0.2) is 0 Å². The summed E-state index contributed by atoms with van der Waals surface area (Å²) in [5, 5.41) is 29.0. The van der Waals surface area contributed by atoms with Crippen molar-refractivity contribution < 1.29 is 4.39 Å². The molecule has 0 unspecified atom stereocenters. The van der Waals surface area contributed by atoms with Crippen LogP contribution in [-0.4, -0.2) is 61.8 Å². The predicted molar refractivity (Wildman–Crippen MR) is 146 cm³/mol. The maximum Gasteiger partial charge on any atom is 0.225 e. The first-order valence-electron chi connectivity index (χ1n) is 13.0. The van der Waals surface area contributed by atoms with Crippen LogP contribution in [-0.2, 0) is 6.54 Å². The van der Waals surface area contributed by atoms with Crippen LogP contribution < -0.4 is 16.4 Å². The summed E-state index contributed by atoms with van der Waals surface area (Å²) in [6.07, 6.45) is 9.91. The van der Waals surface area contributed by atoms with Crippen LogP contribution in [0.2, 0.25) is 0 Å². The summed E-state index contributed by atoms with van der Waals surface area (Å²) in [6.45, 7) is 2.30. The molecule has 3 aromatic rings. The lowest BCUT2D eigenvalue weighted by atomic mass is 9.97. The van der Waals surface area contributed by atoms with Crippen molar-refractivity contribution in [3.8, 4) is 17.2 Å². The minimum atomic E-state index is -0.474. The average molecular weight is 517 g/mol. The molecule has 10 nitrogen and oxygen atoms in total. The first-order valence-corrected chi connectivity index (χ1v) is 13.0. The Morgan fingerprint density at radius 2 is 2.03 bits per heavy atom. The Morgan fingerprint density at radius 3 is 2.74 bits per heavy atom. The van der Waals surface area contributed by atoms with Crippen LogP contribution in [0.3, 0.4) is 0 Å². The largest absolute Gasteiger partial charge is 0.402 e. The fourth-order valence-electron chi connectivity index (χ4n) is 5.70. The zero-order valence-corrected chi connectivity index (χ0v) is 21.5. The van der Waals surface area contributed by atoms with Gasteiger partial charge in [-0.05, 0) is 56.4 Å². The van der Waals surface area contributed by atoms with E-state index >= 15 is 0 Å². The number of nitrogens with zero attached hydrogens (tertiary/aromatic N) is 6. The Morgan fingerprint density at radius 1 is 1.24 bits per heavy atom. The number of nitrogens with two attached hydrogens (primary N) is 1. The van der Waals surface area contributed by atoms with Crippen LogP contribution >= 0.6 is 0 Å². The molecular formula is C27H33FN10. The number of nitriles is 1. The van der Waals surface area contributed by atoms with E-state index in [1.165, 1.54) is 0 Å². The molecule has 38 heavy (non-hydrogen) atoms. The summed E-state index contributed by atoms with van der Waals surface area (Å²) < 4.78 is 14.3. The third-order valence-electron chi connectivity index (χ3n) is 7.30. The number of aryl methyl sites for hydroxylation is 1. The number of benzene rings is 1. The number of allylic oxidation sites excluding steroid dienone is 1.